The van der Waals surface area contributed by atoms with Crippen LogP contribution in [0.25, 0.3) is 0 Å². The fraction of sp³-hybridized carbons (Fsp3) is 0.417. The van der Waals surface area contributed by atoms with Gasteiger partial charge in [-0.25, -0.2) is 4.79 Å². The Labute approximate surface area is 107 Å². The lowest BCUT2D eigenvalue weighted by molar-refractivity contribution is -0.137. The molecule has 1 aromatic carbocycles. The number of halogens is 3. The van der Waals surface area contributed by atoms with Gasteiger partial charge in [0.25, 0.3) is 0 Å². The van der Waals surface area contributed by atoms with Crippen LogP contribution in [-0.2, 0) is 6.18 Å². The largest absolute Gasteiger partial charge is 0.493 e. The highest BCUT2D eigenvalue weighted by molar-refractivity contribution is 5.72. The summed E-state index contributed by atoms with van der Waals surface area (Å²) in [6, 6.07) is 4.24. The summed E-state index contributed by atoms with van der Waals surface area (Å²) in [4.78, 5) is 12.2. The molecular formula is C12H13F3N2O2. The number of carbonyl (C=O) groups is 1. The molecule has 1 aromatic rings. The second-order valence-electron chi connectivity index (χ2n) is 4.45. The Morgan fingerprint density at radius 2 is 2.11 bits per heavy atom. The second kappa shape index (κ2) is 4.99. The summed E-state index contributed by atoms with van der Waals surface area (Å²) in [6.07, 6.45) is -4.38. The number of benzene rings is 1. The third-order valence-corrected chi connectivity index (χ3v) is 2.92. The Morgan fingerprint density at radius 3 is 2.68 bits per heavy atom. The van der Waals surface area contributed by atoms with Crippen molar-refractivity contribution in [2.24, 2.45) is 11.7 Å². The van der Waals surface area contributed by atoms with Crippen molar-refractivity contribution in [2.75, 3.05) is 19.7 Å². The smallest absolute Gasteiger partial charge is 0.416 e. The molecule has 0 aromatic heterocycles. The van der Waals surface area contributed by atoms with Crippen molar-refractivity contribution in [1.82, 2.24) is 4.90 Å². The van der Waals surface area contributed by atoms with Crippen molar-refractivity contribution in [1.29, 1.82) is 0 Å². The third-order valence-electron chi connectivity index (χ3n) is 2.92. The highest BCUT2D eigenvalue weighted by atomic mass is 19.4. The van der Waals surface area contributed by atoms with Crippen LogP contribution in [0.15, 0.2) is 24.3 Å². The van der Waals surface area contributed by atoms with Gasteiger partial charge in [0, 0.05) is 19.0 Å². The topological polar surface area (TPSA) is 55.6 Å². The molecule has 1 aliphatic heterocycles. The van der Waals surface area contributed by atoms with Crippen LogP contribution in [-0.4, -0.2) is 30.6 Å². The van der Waals surface area contributed by atoms with E-state index in [1.54, 1.807) is 0 Å². The summed E-state index contributed by atoms with van der Waals surface area (Å²) >= 11 is 0. The summed E-state index contributed by atoms with van der Waals surface area (Å²) in [5, 5.41) is 0. The minimum absolute atomic E-state index is 0.113. The van der Waals surface area contributed by atoms with Crippen LogP contribution in [0.3, 0.4) is 0 Å². The van der Waals surface area contributed by atoms with Gasteiger partial charge in [-0.3, -0.25) is 0 Å². The molecule has 0 aliphatic carbocycles. The maximum atomic E-state index is 12.5. The molecule has 1 fully saturated rings. The van der Waals surface area contributed by atoms with Gasteiger partial charge in [-0.15, -0.1) is 0 Å². The molecule has 7 heteroatoms. The number of amides is 2. The number of hydrogen-bond acceptors (Lipinski definition) is 2. The Morgan fingerprint density at radius 1 is 1.42 bits per heavy atom. The first-order chi connectivity index (χ1) is 8.86. The third kappa shape index (κ3) is 3.30. The van der Waals surface area contributed by atoms with Crippen LogP contribution in [0.1, 0.15) is 5.56 Å². The summed E-state index contributed by atoms with van der Waals surface area (Å²) in [6.45, 7) is 1.23. The second-order valence-corrected chi connectivity index (χ2v) is 4.45. The van der Waals surface area contributed by atoms with E-state index in [9.17, 15) is 18.0 Å². The number of rotatable bonds is 3. The van der Waals surface area contributed by atoms with E-state index in [-0.39, 0.29) is 18.3 Å². The van der Waals surface area contributed by atoms with Gasteiger partial charge in [0.1, 0.15) is 5.75 Å². The molecule has 2 rings (SSSR count). The first-order valence-corrected chi connectivity index (χ1v) is 5.70. The average Bonchev–Trinajstić information content (AvgIpc) is 2.25. The number of urea groups is 1. The number of likely N-dealkylation sites (tertiary alicyclic amines) is 1. The zero-order chi connectivity index (χ0) is 14.0. The van der Waals surface area contributed by atoms with Gasteiger partial charge in [0.15, 0.2) is 0 Å². The number of primary amides is 1. The van der Waals surface area contributed by atoms with E-state index < -0.39 is 17.8 Å². The van der Waals surface area contributed by atoms with Crippen LogP contribution in [0, 0.1) is 5.92 Å². The molecule has 104 valence electrons. The number of nitrogens with two attached hydrogens (primary N) is 1. The van der Waals surface area contributed by atoms with E-state index in [0.717, 1.165) is 12.1 Å². The minimum atomic E-state index is -4.38. The SMILES string of the molecule is NC(=O)N1CC(COc2cccc(C(F)(F)F)c2)C1. The molecule has 0 radical (unpaired) electrons. The van der Waals surface area contributed by atoms with Gasteiger partial charge >= 0.3 is 12.2 Å². The minimum Gasteiger partial charge on any atom is -0.493 e. The maximum Gasteiger partial charge on any atom is 0.416 e. The van der Waals surface area contributed by atoms with E-state index in [0.29, 0.717) is 13.1 Å². The lowest BCUT2D eigenvalue weighted by Gasteiger charge is -2.37. The number of carbonyl (C=O) groups excluding carboxylic acids is 1. The summed E-state index contributed by atoms with van der Waals surface area (Å²) < 4.78 is 42.7. The van der Waals surface area contributed by atoms with E-state index in [1.165, 1.54) is 17.0 Å². The Hall–Kier alpha value is -1.92. The summed E-state index contributed by atoms with van der Waals surface area (Å²) in [5.74, 6) is 0.286. The predicted molar refractivity (Wildman–Crippen MR) is 61.6 cm³/mol. The fourth-order valence-corrected chi connectivity index (χ4v) is 1.83. The Balaban J connectivity index is 1.86. The van der Waals surface area contributed by atoms with Gasteiger partial charge in [-0.2, -0.15) is 13.2 Å². The summed E-state index contributed by atoms with van der Waals surface area (Å²) in [7, 11) is 0. The standard InChI is InChI=1S/C12H13F3N2O2/c13-12(14,15)9-2-1-3-10(4-9)19-7-8-5-17(6-8)11(16)18/h1-4,8H,5-7H2,(H2,16,18). The lowest BCUT2D eigenvalue weighted by Crippen LogP contribution is -2.54. The van der Waals surface area contributed by atoms with E-state index in [2.05, 4.69) is 0 Å². The van der Waals surface area contributed by atoms with E-state index >= 15 is 0 Å². The van der Waals surface area contributed by atoms with Crippen molar-refractivity contribution in [3.05, 3.63) is 29.8 Å². The molecule has 2 amide bonds. The zero-order valence-corrected chi connectivity index (χ0v) is 9.98. The van der Waals surface area contributed by atoms with Crippen LogP contribution in [0.5, 0.6) is 5.75 Å². The van der Waals surface area contributed by atoms with Crippen molar-refractivity contribution in [2.45, 2.75) is 6.18 Å². The van der Waals surface area contributed by atoms with Gasteiger partial charge in [0.05, 0.1) is 12.2 Å². The maximum absolute atomic E-state index is 12.5. The van der Waals surface area contributed by atoms with Gasteiger partial charge in [-0.1, -0.05) is 6.07 Å². The monoisotopic (exact) mass is 274 g/mol. The van der Waals surface area contributed by atoms with Crippen LogP contribution >= 0.6 is 0 Å². The number of alkyl halides is 3. The highest BCUT2D eigenvalue weighted by Crippen LogP contribution is 2.31. The lowest BCUT2D eigenvalue weighted by atomic mass is 10.0. The van der Waals surface area contributed by atoms with Gasteiger partial charge in [-0.05, 0) is 18.2 Å². The first kappa shape index (κ1) is 13.5. The number of ether oxygens (including phenoxy) is 1. The molecule has 1 aliphatic rings. The molecule has 19 heavy (non-hydrogen) atoms. The number of nitrogens with zero attached hydrogens (tertiary/aromatic N) is 1. The van der Waals surface area contributed by atoms with E-state index in [1.807, 2.05) is 0 Å². The highest BCUT2D eigenvalue weighted by Gasteiger charge is 2.31. The van der Waals surface area contributed by atoms with Crippen LogP contribution < -0.4 is 10.5 Å². The molecule has 1 saturated heterocycles. The first-order valence-electron chi connectivity index (χ1n) is 5.70. The molecule has 0 unspecified atom stereocenters. The van der Waals surface area contributed by atoms with Crippen LogP contribution in [0.2, 0.25) is 0 Å². The van der Waals surface area contributed by atoms with Gasteiger partial charge in [0.2, 0.25) is 0 Å². The fourth-order valence-electron chi connectivity index (χ4n) is 1.83. The van der Waals surface area contributed by atoms with Gasteiger partial charge < -0.3 is 15.4 Å². The quantitative estimate of drug-likeness (QED) is 0.917. The van der Waals surface area contributed by atoms with Crippen molar-refractivity contribution in [3.63, 3.8) is 0 Å². The molecule has 2 N–H and O–H groups in total. The predicted octanol–water partition coefficient (Wildman–Crippen LogP) is 2.09. The molecule has 0 atom stereocenters. The molecule has 0 saturated carbocycles. The average molecular weight is 274 g/mol. The Bertz CT molecular complexity index is 470. The van der Waals surface area contributed by atoms with E-state index in [4.69, 9.17) is 10.5 Å². The zero-order valence-electron chi connectivity index (χ0n) is 9.98. The van der Waals surface area contributed by atoms with Crippen molar-refractivity contribution >= 4 is 6.03 Å². The Kier molecular flexibility index (Phi) is 3.55. The molecule has 1 heterocycles. The summed E-state index contributed by atoms with van der Waals surface area (Å²) in [5.41, 5.74) is 4.32. The molecule has 0 bridgehead atoms. The molecule has 4 nitrogen and oxygen atoms in total. The van der Waals surface area contributed by atoms with Crippen molar-refractivity contribution in [3.8, 4) is 5.75 Å². The van der Waals surface area contributed by atoms with Crippen molar-refractivity contribution < 1.29 is 22.7 Å². The normalized spacial score (nSPS) is 16.1. The number of hydrogen-bond donors (Lipinski definition) is 1. The van der Waals surface area contributed by atoms with Crippen LogP contribution in [0.4, 0.5) is 18.0 Å². The molecule has 0 spiro atoms. The molecular weight excluding hydrogens is 261 g/mol.